The summed E-state index contributed by atoms with van der Waals surface area (Å²) in [5.74, 6) is -0.320. The van der Waals surface area contributed by atoms with Crippen LogP contribution in [0.3, 0.4) is 0 Å². The molecule has 0 rings (SSSR count). The largest absolute Gasteiger partial charge is 0.457 e. The SMILES string of the molecule is C=CC(=O)OCC[N+](C)(C)C(C)CCCCCCCCCCCCCCC. The Morgan fingerprint density at radius 3 is 1.78 bits per heavy atom. The lowest BCUT2D eigenvalue weighted by Gasteiger charge is -2.36. The minimum Gasteiger partial charge on any atom is -0.457 e. The summed E-state index contributed by atoms with van der Waals surface area (Å²) in [5.41, 5.74) is 0. The first-order chi connectivity index (χ1) is 12.9. The van der Waals surface area contributed by atoms with Crippen molar-refractivity contribution in [1.82, 2.24) is 0 Å². The molecule has 0 amide bonds. The van der Waals surface area contributed by atoms with Crippen molar-refractivity contribution in [2.24, 2.45) is 0 Å². The van der Waals surface area contributed by atoms with Crippen LogP contribution >= 0.6 is 0 Å². The van der Waals surface area contributed by atoms with Crippen LogP contribution < -0.4 is 0 Å². The Hall–Kier alpha value is -0.830. The number of unbranched alkanes of at least 4 members (excludes halogenated alkanes) is 12. The Morgan fingerprint density at radius 1 is 0.889 bits per heavy atom. The standard InChI is InChI=1S/C24H48NO2/c1-6-8-9-10-11-12-13-14-15-16-17-18-19-20-23(3)25(4,5)21-22-27-24(26)7-2/h7,23H,2,6,8-22H2,1,3-5H3/q+1. The Morgan fingerprint density at radius 2 is 1.33 bits per heavy atom. The number of hydrogen-bond acceptors (Lipinski definition) is 2. The van der Waals surface area contributed by atoms with Gasteiger partial charge in [0.15, 0.2) is 0 Å². The number of carbonyl (C=O) groups excluding carboxylic acids is 1. The summed E-state index contributed by atoms with van der Waals surface area (Å²) in [6.45, 7) is 9.36. The maximum absolute atomic E-state index is 11.1. The fraction of sp³-hybridized carbons (Fsp3) is 0.875. The second-order valence-corrected chi connectivity index (χ2v) is 8.75. The van der Waals surface area contributed by atoms with E-state index in [0.29, 0.717) is 12.6 Å². The number of esters is 1. The highest BCUT2D eigenvalue weighted by atomic mass is 16.5. The molecular formula is C24H48NO2+. The van der Waals surface area contributed by atoms with E-state index in [1.165, 1.54) is 96.0 Å². The van der Waals surface area contributed by atoms with Gasteiger partial charge in [0, 0.05) is 6.08 Å². The third kappa shape index (κ3) is 15.9. The van der Waals surface area contributed by atoms with Gasteiger partial charge in [-0.05, 0) is 19.8 Å². The zero-order valence-corrected chi connectivity index (χ0v) is 18.9. The first-order valence-electron chi connectivity index (χ1n) is 11.6. The van der Waals surface area contributed by atoms with Gasteiger partial charge in [-0.3, -0.25) is 0 Å². The minimum atomic E-state index is -0.320. The molecule has 0 aliphatic heterocycles. The van der Waals surface area contributed by atoms with Crippen LogP contribution in [0, 0.1) is 0 Å². The van der Waals surface area contributed by atoms with Gasteiger partial charge >= 0.3 is 5.97 Å². The second kappa shape index (κ2) is 17.3. The average Bonchev–Trinajstić information content (AvgIpc) is 2.64. The average molecular weight is 383 g/mol. The second-order valence-electron chi connectivity index (χ2n) is 8.75. The molecule has 0 bridgehead atoms. The van der Waals surface area contributed by atoms with Crippen LogP contribution in [0.2, 0.25) is 0 Å². The molecule has 0 N–H and O–H groups in total. The van der Waals surface area contributed by atoms with Crippen molar-refractivity contribution in [3.8, 4) is 0 Å². The molecule has 0 aromatic rings. The van der Waals surface area contributed by atoms with Gasteiger partial charge in [-0.25, -0.2) is 4.79 Å². The number of nitrogens with zero attached hydrogens (tertiary/aromatic N) is 1. The van der Waals surface area contributed by atoms with E-state index in [2.05, 4.69) is 34.5 Å². The molecule has 0 radical (unpaired) electrons. The molecule has 0 fully saturated rings. The fourth-order valence-electron chi connectivity index (χ4n) is 3.47. The molecule has 0 saturated heterocycles. The number of quaternary nitrogens is 1. The van der Waals surface area contributed by atoms with E-state index >= 15 is 0 Å². The fourth-order valence-corrected chi connectivity index (χ4v) is 3.47. The summed E-state index contributed by atoms with van der Waals surface area (Å²) in [4.78, 5) is 11.1. The number of ether oxygens (including phenoxy) is 1. The number of carbonyl (C=O) groups is 1. The van der Waals surface area contributed by atoms with Crippen LogP contribution in [0.15, 0.2) is 12.7 Å². The highest BCUT2D eigenvalue weighted by molar-refractivity contribution is 5.81. The summed E-state index contributed by atoms with van der Waals surface area (Å²) in [5, 5.41) is 0. The van der Waals surface area contributed by atoms with E-state index in [-0.39, 0.29) is 5.97 Å². The van der Waals surface area contributed by atoms with E-state index in [0.717, 1.165) is 11.0 Å². The van der Waals surface area contributed by atoms with E-state index in [1.54, 1.807) is 0 Å². The van der Waals surface area contributed by atoms with Crippen LogP contribution in [0.25, 0.3) is 0 Å². The lowest BCUT2D eigenvalue weighted by molar-refractivity contribution is -0.913. The third-order valence-electron chi connectivity index (χ3n) is 6.00. The van der Waals surface area contributed by atoms with Crippen molar-refractivity contribution in [3.63, 3.8) is 0 Å². The molecular weight excluding hydrogens is 334 g/mol. The smallest absolute Gasteiger partial charge is 0.330 e. The highest BCUT2D eigenvalue weighted by Gasteiger charge is 2.23. The van der Waals surface area contributed by atoms with Crippen molar-refractivity contribution in [3.05, 3.63) is 12.7 Å². The predicted molar refractivity (Wildman–Crippen MR) is 118 cm³/mol. The van der Waals surface area contributed by atoms with E-state index in [9.17, 15) is 4.79 Å². The quantitative estimate of drug-likeness (QED) is 0.108. The van der Waals surface area contributed by atoms with Gasteiger partial charge in [0.25, 0.3) is 0 Å². The molecule has 27 heavy (non-hydrogen) atoms. The molecule has 0 aliphatic rings. The van der Waals surface area contributed by atoms with Gasteiger partial charge in [0.2, 0.25) is 0 Å². The van der Waals surface area contributed by atoms with Crippen molar-refractivity contribution in [2.45, 2.75) is 110 Å². The van der Waals surface area contributed by atoms with Crippen molar-refractivity contribution in [2.75, 3.05) is 27.2 Å². The lowest BCUT2D eigenvalue weighted by Crippen LogP contribution is -2.49. The van der Waals surface area contributed by atoms with Crippen LogP contribution in [-0.4, -0.2) is 43.7 Å². The minimum absolute atomic E-state index is 0.320. The zero-order chi connectivity index (χ0) is 20.4. The topological polar surface area (TPSA) is 26.3 Å². The molecule has 0 aliphatic carbocycles. The maximum atomic E-state index is 11.1. The molecule has 0 aromatic carbocycles. The number of hydrogen-bond donors (Lipinski definition) is 0. The third-order valence-corrected chi connectivity index (χ3v) is 6.00. The van der Waals surface area contributed by atoms with Gasteiger partial charge < -0.3 is 9.22 Å². The number of likely N-dealkylation sites (N-methyl/N-ethyl adjacent to an activating group) is 1. The van der Waals surface area contributed by atoms with Crippen molar-refractivity contribution < 1.29 is 14.0 Å². The van der Waals surface area contributed by atoms with Crippen LogP contribution in [0.1, 0.15) is 104 Å². The van der Waals surface area contributed by atoms with E-state index < -0.39 is 0 Å². The number of rotatable bonds is 19. The van der Waals surface area contributed by atoms with Crippen LogP contribution in [0.4, 0.5) is 0 Å². The van der Waals surface area contributed by atoms with Crippen molar-refractivity contribution >= 4 is 5.97 Å². The van der Waals surface area contributed by atoms with Gasteiger partial charge in [0.1, 0.15) is 13.2 Å². The normalized spacial score (nSPS) is 12.7. The Balaban J connectivity index is 3.49. The summed E-state index contributed by atoms with van der Waals surface area (Å²) >= 11 is 0. The Bertz CT molecular complexity index is 365. The Labute approximate surface area is 170 Å². The molecule has 1 atom stereocenters. The highest BCUT2D eigenvalue weighted by Crippen LogP contribution is 2.16. The van der Waals surface area contributed by atoms with E-state index in [1.807, 2.05) is 0 Å². The maximum Gasteiger partial charge on any atom is 0.330 e. The first-order valence-corrected chi connectivity index (χ1v) is 11.6. The monoisotopic (exact) mass is 382 g/mol. The zero-order valence-electron chi connectivity index (χ0n) is 18.9. The summed E-state index contributed by atoms with van der Waals surface area (Å²) in [7, 11) is 4.46. The Kier molecular flexibility index (Phi) is 16.7. The molecule has 0 heterocycles. The summed E-state index contributed by atoms with van der Waals surface area (Å²) in [6, 6.07) is 0.597. The van der Waals surface area contributed by atoms with Crippen LogP contribution in [-0.2, 0) is 9.53 Å². The molecule has 160 valence electrons. The van der Waals surface area contributed by atoms with E-state index in [4.69, 9.17) is 4.74 Å². The molecule has 0 saturated carbocycles. The van der Waals surface area contributed by atoms with Crippen molar-refractivity contribution in [1.29, 1.82) is 0 Å². The van der Waals surface area contributed by atoms with Gasteiger partial charge in [-0.1, -0.05) is 90.6 Å². The first kappa shape index (κ1) is 26.2. The van der Waals surface area contributed by atoms with Gasteiger partial charge in [-0.2, -0.15) is 0 Å². The molecule has 3 heteroatoms. The molecule has 0 spiro atoms. The van der Waals surface area contributed by atoms with Gasteiger partial charge in [-0.15, -0.1) is 0 Å². The summed E-state index contributed by atoms with van der Waals surface area (Å²) in [6.07, 6.45) is 20.7. The predicted octanol–water partition coefficient (Wildman–Crippen LogP) is 6.66. The molecule has 1 unspecified atom stereocenters. The lowest BCUT2D eigenvalue weighted by atomic mass is 10.0. The van der Waals surface area contributed by atoms with Gasteiger partial charge in [0.05, 0.1) is 20.1 Å². The summed E-state index contributed by atoms with van der Waals surface area (Å²) < 4.78 is 6.03. The molecule has 0 aromatic heterocycles. The van der Waals surface area contributed by atoms with Crippen LogP contribution in [0.5, 0.6) is 0 Å². The molecule has 3 nitrogen and oxygen atoms in total.